The molecule has 0 aliphatic heterocycles. The molecule has 0 saturated carbocycles. The number of furan rings is 1. The molecule has 2 aromatic heterocycles. The number of aryl methyl sites for hydroxylation is 2. The van der Waals surface area contributed by atoms with Gasteiger partial charge in [-0.1, -0.05) is 11.6 Å². The highest BCUT2D eigenvalue weighted by atomic mass is 16.3. The van der Waals surface area contributed by atoms with E-state index in [1.807, 2.05) is 25.1 Å². The summed E-state index contributed by atoms with van der Waals surface area (Å²) < 4.78 is 5.25. The maximum Gasteiger partial charge on any atom is 0.252 e. The minimum atomic E-state index is -0.0404. The molecule has 2 N–H and O–H groups in total. The van der Waals surface area contributed by atoms with Gasteiger partial charge in [-0.15, -0.1) is 0 Å². The lowest BCUT2D eigenvalue weighted by Gasteiger charge is -2.07. The van der Waals surface area contributed by atoms with Crippen LogP contribution in [0, 0.1) is 13.8 Å². The Kier molecular flexibility index (Phi) is 3.62. The molecule has 21 heavy (non-hydrogen) atoms. The first kappa shape index (κ1) is 13.6. The zero-order valence-electron chi connectivity index (χ0n) is 12.2. The number of aromatic nitrogens is 1. The van der Waals surface area contributed by atoms with Crippen LogP contribution in [0.15, 0.2) is 45.8 Å². The lowest BCUT2D eigenvalue weighted by molar-refractivity contribution is 0.482. The maximum absolute atomic E-state index is 12.1. The smallest absolute Gasteiger partial charge is 0.252 e. The molecule has 0 unspecified atom stereocenters. The molecular weight excluding hydrogens is 264 g/mol. The van der Waals surface area contributed by atoms with Crippen molar-refractivity contribution in [3.63, 3.8) is 0 Å². The Morgan fingerprint density at radius 1 is 1.19 bits per heavy atom. The van der Waals surface area contributed by atoms with Gasteiger partial charge in [0, 0.05) is 12.1 Å². The predicted octanol–water partition coefficient (Wildman–Crippen LogP) is 3.03. The van der Waals surface area contributed by atoms with Crippen LogP contribution in [0.25, 0.3) is 10.9 Å². The van der Waals surface area contributed by atoms with Crippen LogP contribution in [-0.4, -0.2) is 4.98 Å². The van der Waals surface area contributed by atoms with Gasteiger partial charge in [-0.05, 0) is 49.1 Å². The summed E-state index contributed by atoms with van der Waals surface area (Å²) in [5.74, 6) is 0.860. The summed E-state index contributed by atoms with van der Waals surface area (Å²) in [6, 6.07) is 9.89. The average Bonchev–Trinajstić information content (AvgIpc) is 2.93. The number of benzene rings is 1. The van der Waals surface area contributed by atoms with E-state index in [4.69, 9.17) is 4.42 Å². The van der Waals surface area contributed by atoms with Gasteiger partial charge in [0.2, 0.25) is 0 Å². The van der Waals surface area contributed by atoms with E-state index in [1.54, 1.807) is 6.26 Å². The zero-order chi connectivity index (χ0) is 14.8. The van der Waals surface area contributed by atoms with Crippen molar-refractivity contribution in [3.05, 3.63) is 69.4 Å². The van der Waals surface area contributed by atoms with E-state index in [2.05, 4.69) is 29.4 Å². The third-order valence-corrected chi connectivity index (χ3v) is 3.57. The second-order valence-corrected chi connectivity index (χ2v) is 5.35. The highest BCUT2D eigenvalue weighted by Gasteiger charge is 2.06. The van der Waals surface area contributed by atoms with Crippen LogP contribution in [0.3, 0.4) is 0 Å². The summed E-state index contributed by atoms with van der Waals surface area (Å²) in [6.07, 6.45) is 1.64. The summed E-state index contributed by atoms with van der Waals surface area (Å²) in [7, 11) is 0. The first-order chi connectivity index (χ1) is 10.1. The number of hydrogen-bond acceptors (Lipinski definition) is 3. The molecule has 0 spiro atoms. The predicted molar refractivity (Wildman–Crippen MR) is 83.3 cm³/mol. The number of pyridine rings is 1. The molecule has 4 nitrogen and oxygen atoms in total. The van der Waals surface area contributed by atoms with Crippen molar-refractivity contribution < 1.29 is 4.42 Å². The van der Waals surface area contributed by atoms with Gasteiger partial charge in [0.05, 0.1) is 18.3 Å². The van der Waals surface area contributed by atoms with Gasteiger partial charge in [0.25, 0.3) is 5.56 Å². The summed E-state index contributed by atoms with van der Waals surface area (Å²) in [6.45, 7) is 5.20. The number of H-pyrrole nitrogens is 1. The van der Waals surface area contributed by atoms with Gasteiger partial charge in [-0.25, -0.2) is 0 Å². The Hall–Kier alpha value is -2.33. The average molecular weight is 282 g/mol. The lowest BCUT2D eigenvalue weighted by atomic mass is 10.1. The topological polar surface area (TPSA) is 58.0 Å². The molecule has 108 valence electrons. The molecule has 0 aliphatic rings. The number of nitrogens with one attached hydrogen (secondary N) is 2. The summed E-state index contributed by atoms with van der Waals surface area (Å²) in [5, 5.41) is 4.30. The molecular formula is C17H18N2O2. The van der Waals surface area contributed by atoms with E-state index in [0.717, 1.165) is 27.8 Å². The lowest BCUT2D eigenvalue weighted by Crippen LogP contribution is -2.20. The van der Waals surface area contributed by atoms with E-state index in [-0.39, 0.29) is 5.56 Å². The molecule has 0 bridgehead atoms. The summed E-state index contributed by atoms with van der Waals surface area (Å²) in [5.41, 5.74) is 3.90. The molecule has 0 fully saturated rings. The fraction of sp³-hybridized carbons (Fsp3) is 0.235. The number of aromatic amines is 1. The molecule has 0 radical (unpaired) electrons. The molecule has 4 heteroatoms. The minimum absolute atomic E-state index is 0.0404. The molecule has 0 saturated heterocycles. The van der Waals surface area contributed by atoms with Crippen molar-refractivity contribution in [3.8, 4) is 0 Å². The number of rotatable bonds is 4. The van der Waals surface area contributed by atoms with Gasteiger partial charge < -0.3 is 14.7 Å². The van der Waals surface area contributed by atoms with Crippen molar-refractivity contribution in [2.45, 2.75) is 26.9 Å². The third-order valence-electron chi connectivity index (χ3n) is 3.57. The van der Waals surface area contributed by atoms with E-state index in [0.29, 0.717) is 13.1 Å². The minimum Gasteiger partial charge on any atom is -0.468 e. The quantitative estimate of drug-likeness (QED) is 0.773. The van der Waals surface area contributed by atoms with Gasteiger partial charge in [0.1, 0.15) is 5.76 Å². The molecule has 2 heterocycles. The second-order valence-electron chi connectivity index (χ2n) is 5.35. The monoisotopic (exact) mass is 282 g/mol. The van der Waals surface area contributed by atoms with Gasteiger partial charge in [0.15, 0.2) is 0 Å². The van der Waals surface area contributed by atoms with E-state index >= 15 is 0 Å². The fourth-order valence-corrected chi connectivity index (χ4v) is 2.60. The van der Waals surface area contributed by atoms with Gasteiger partial charge in [-0.3, -0.25) is 4.79 Å². The first-order valence-electron chi connectivity index (χ1n) is 7.00. The van der Waals surface area contributed by atoms with Crippen LogP contribution in [0.1, 0.15) is 22.5 Å². The van der Waals surface area contributed by atoms with Gasteiger partial charge >= 0.3 is 0 Å². The van der Waals surface area contributed by atoms with Crippen LogP contribution in [0.4, 0.5) is 0 Å². The highest BCUT2D eigenvalue weighted by molar-refractivity contribution is 5.82. The van der Waals surface area contributed by atoms with Gasteiger partial charge in [-0.2, -0.15) is 0 Å². The van der Waals surface area contributed by atoms with Crippen LogP contribution >= 0.6 is 0 Å². The second kappa shape index (κ2) is 5.58. The fourth-order valence-electron chi connectivity index (χ4n) is 2.60. The molecule has 1 aromatic carbocycles. The Morgan fingerprint density at radius 2 is 2.05 bits per heavy atom. The Bertz CT molecular complexity index is 817. The Morgan fingerprint density at radius 3 is 2.81 bits per heavy atom. The SMILES string of the molecule is Cc1cc(C)c2[nH]c(=O)c(CNCc3ccco3)cc2c1. The number of fused-ring (bicyclic) bond motifs is 1. The van der Waals surface area contributed by atoms with Crippen molar-refractivity contribution in [2.75, 3.05) is 0 Å². The van der Waals surface area contributed by atoms with Crippen LogP contribution < -0.4 is 10.9 Å². The summed E-state index contributed by atoms with van der Waals surface area (Å²) in [4.78, 5) is 15.1. The van der Waals surface area contributed by atoms with E-state index in [1.165, 1.54) is 5.56 Å². The molecule has 0 atom stereocenters. The van der Waals surface area contributed by atoms with Crippen molar-refractivity contribution in [1.82, 2.24) is 10.3 Å². The van der Waals surface area contributed by atoms with Crippen LogP contribution in [-0.2, 0) is 13.1 Å². The van der Waals surface area contributed by atoms with Crippen LogP contribution in [0.5, 0.6) is 0 Å². The van der Waals surface area contributed by atoms with Crippen molar-refractivity contribution in [2.24, 2.45) is 0 Å². The molecule has 3 rings (SSSR count). The normalized spacial score (nSPS) is 11.1. The third kappa shape index (κ3) is 2.90. The standard InChI is InChI=1S/C17H18N2O2/c1-11-6-12(2)16-13(7-11)8-14(17(20)19-16)9-18-10-15-4-3-5-21-15/h3-8,18H,9-10H2,1-2H3,(H,19,20). The first-order valence-corrected chi connectivity index (χ1v) is 7.00. The largest absolute Gasteiger partial charge is 0.468 e. The maximum atomic E-state index is 12.1. The van der Waals surface area contributed by atoms with E-state index in [9.17, 15) is 4.79 Å². The van der Waals surface area contributed by atoms with Crippen molar-refractivity contribution >= 4 is 10.9 Å². The molecule has 0 amide bonds. The van der Waals surface area contributed by atoms with E-state index < -0.39 is 0 Å². The molecule has 0 aliphatic carbocycles. The van der Waals surface area contributed by atoms with Crippen molar-refractivity contribution in [1.29, 1.82) is 0 Å². The Labute approximate surface area is 122 Å². The highest BCUT2D eigenvalue weighted by Crippen LogP contribution is 2.17. The Balaban J connectivity index is 1.85. The number of hydrogen-bond donors (Lipinski definition) is 2. The summed E-state index contributed by atoms with van der Waals surface area (Å²) >= 11 is 0. The van der Waals surface area contributed by atoms with Crippen LogP contribution in [0.2, 0.25) is 0 Å². The zero-order valence-corrected chi connectivity index (χ0v) is 12.2. The molecule has 3 aromatic rings.